The highest BCUT2D eigenvalue weighted by molar-refractivity contribution is 4.77. The Bertz CT molecular complexity index is 196. The van der Waals surface area contributed by atoms with E-state index in [2.05, 4.69) is 13.8 Å². The van der Waals surface area contributed by atoms with Gasteiger partial charge in [-0.05, 0) is 11.8 Å². The first kappa shape index (κ1) is 18.1. The third-order valence-corrected chi connectivity index (χ3v) is 5.42. The van der Waals surface area contributed by atoms with Gasteiger partial charge in [0.15, 0.2) is 0 Å². The van der Waals surface area contributed by atoms with Crippen LogP contribution in [0.3, 0.4) is 0 Å². The minimum absolute atomic E-state index is 1.10. The molecule has 0 amide bonds. The second-order valence-electron chi connectivity index (χ2n) is 7.21. The van der Waals surface area contributed by atoms with E-state index in [0.29, 0.717) is 0 Å². The summed E-state index contributed by atoms with van der Waals surface area (Å²) in [4.78, 5) is 0. The molecule has 0 saturated heterocycles. The molecule has 0 heteroatoms. The minimum atomic E-state index is 1.10. The number of hydrogen-bond donors (Lipinski definition) is 0. The van der Waals surface area contributed by atoms with Crippen LogP contribution in [0, 0.1) is 11.8 Å². The van der Waals surface area contributed by atoms with Gasteiger partial charge in [-0.3, -0.25) is 0 Å². The first-order chi connectivity index (χ1) is 9.88. The number of unbranched alkanes of at least 4 members (excludes halogenated alkanes) is 9. The van der Waals surface area contributed by atoms with Crippen molar-refractivity contribution in [1.29, 1.82) is 0 Å². The van der Waals surface area contributed by atoms with Crippen molar-refractivity contribution >= 4 is 0 Å². The second kappa shape index (κ2) is 12.7. The van der Waals surface area contributed by atoms with Gasteiger partial charge < -0.3 is 0 Å². The van der Waals surface area contributed by atoms with E-state index < -0.39 is 0 Å². The zero-order valence-corrected chi connectivity index (χ0v) is 14.5. The maximum Gasteiger partial charge on any atom is -0.0386 e. The summed E-state index contributed by atoms with van der Waals surface area (Å²) < 4.78 is 0. The number of hydrogen-bond acceptors (Lipinski definition) is 0. The van der Waals surface area contributed by atoms with Crippen molar-refractivity contribution in [3.05, 3.63) is 0 Å². The molecule has 120 valence electrons. The Hall–Kier alpha value is 0. The summed E-state index contributed by atoms with van der Waals surface area (Å²) in [7, 11) is 0. The maximum atomic E-state index is 2.31. The van der Waals surface area contributed by atoms with E-state index in [1.54, 1.807) is 25.7 Å². The molecule has 2 atom stereocenters. The van der Waals surface area contributed by atoms with Crippen molar-refractivity contribution in [2.45, 2.75) is 117 Å². The van der Waals surface area contributed by atoms with Crippen molar-refractivity contribution < 1.29 is 0 Å². The van der Waals surface area contributed by atoms with Gasteiger partial charge in [0, 0.05) is 0 Å². The Labute approximate surface area is 129 Å². The van der Waals surface area contributed by atoms with E-state index in [1.165, 1.54) is 77.0 Å². The normalized spacial score (nSPS) is 22.5. The molecule has 1 rings (SSSR count). The molecule has 0 nitrogen and oxygen atoms in total. The van der Waals surface area contributed by atoms with Crippen LogP contribution in [-0.2, 0) is 0 Å². The molecule has 1 aliphatic carbocycles. The van der Waals surface area contributed by atoms with Crippen molar-refractivity contribution in [2.75, 3.05) is 0 Å². The molecule has 0 bridgehead atoms. The largest absolute Gasteiger partial charge is 0.0654 e. The van der Waals surface area contributed by atoms with Gasteiger partial charge in [0.05, 0.1) is 0 Å². The molecule has 0 spiro atoms. The number of rotatable bonds is 13. The molecule has 0 aromatic heterocycles. The molecule has 0 aromatic carbocycles. The van der Waals surface area contributed by atoms with Crippen LogP contribution in [-0.4, -0.2) is 0 Å². The fraction of sp³-hybridized carbons (Fsp3) is 1.00. The van der Waals surface area contributed by atoms with Crippen molar-refractivity contribution in [1.82, 2.24) is 0 Å². The van der Waals surface area contributed by atoms with Gasteiger partial charge >= 0.3 is 0 Å². The third kappa shape index (κ3) is 8.32. The Morgan fingerprint density at radius 3 is 1.40 bits per heavy atom. The van der Waals surface area contributed by atoms with Crippen molar-refractivity contribution in [2.24, 2.45) is 11.8 Å². The zero-order valence-electron chi connectivity index (χ0n) is 14.5. The van der Waals surface area contributed by atoms with Crippen molar-refractivity contribution in [3.63, 3.8) is 0 Å². The average Bonchev–Trinajstić information content (AvgIpc) is 2.90. The molecule has 1 aliphatic rings. The molecule has 1 fully saturated rings. The Morgan fingerprint density at radius 2 is 0.950 bits per heavy atom. The summed E-state index contributed by atoms with van der Waals surface area (Å²) >= 11 is 0. The molecule has 0 radical (unpaired) electrons. The fourth-order valence-electron chi connectivity index (χ4n) is 4.07. The molecule has 1 saturated carbocycles. The SMILES string of the molecule is CCCCCCCCC1CCCC1CCCCCCC. The van der Waals surface area contributed by atoms with Crippen LogP contribution in [0.25, 0.3) is 0 Å². The average molecular weight is 281 g/mol. The van der Waals surface area contributed by atoms with Crippen molar-refractivity contribution in [3.8, 4) is 0 Å². The van der Waals surface area contributed by atoms with Gasteiger partial charge in [-0.1, -0.05) is 117 Å². The molecular formula is C20H40. The predicted octanol–water partition coefficient (Wildman–Crippen LogP) is 7.51. The predicted molar refractivity (Wildman–Crippen MR) is 92.2 cm³/mol. The van der Waals surface area contributed by atoms with Crippen LogP contribution in [0.2, 0.25) is 0 Å². The molecule has 0 aliphatic heterocycles. The van der Waals surface area contributed by atoms with Gasteiger partial charge in [0.25, 0.3) is 0 Å². The van der Waals surface area contributed by atoms with Gasteiger partial charge in [-0.25, -0.2) is 0 Å². The Morgan fingerprint density at radius 1 is 0.550 bits per heavy atom. The summed E-state index contributed by atoms with van der Waals surface area (Å²) in [6.07, 6.45) is 23.8. The molecule has 2 unspecified atom stereocenters. The first-order valence-electron chi connectivity index (χ1n) is 9.88. The highest BCUT2D eigenvalue weighted by atomic mass is 14.3. The van der Waals surface area contributed by atoms with Gasteiger partial charge in [0.2, 0.25) is 0 Å². The van der Waals surface area contributed by atoms with E-state index in [4.69, 9.17) is 0 Å². The van der Waals surface area contributed by atoms with Crippen LogP contribution in [0.4, 0.5) is 0 Å². The van der Waals surface area contributed by atoms with Gasteiger partial charge in [-0.2, -0.15) is 0 Å². The molecule has 0 N–H and O–H groups in total. The quantitative estimate of drug-likeness (QED) is 0.306. The second-order valence-corrected chi connectivity index (χ2v) is 7.21. The highest BCUT2D eigenvalue weighted by Crippen LogP contribution is 2.38. The summed E-state index contributed by atoms with van der Waals surface area (Å²) in [5, 5.41) is 0. The van der Waals surface area contributed by atoms with E-state index in [-0.39, 0.29) is 0 Å². The summed E-state index contributed by atoms with van der Waals surface area (Å²) in [5.74, 6) is 2.21. The topological polar surface area (TPSA) is 0 Å². The summed E-state index contributed by atoms with van der Waals surface area (Å²) in [6, 6.07) is 0. The first-order valence-corrected chi connectivity index (χ1v) is 9.88. The Kier molecular flexibility index (Phi) is 11.5. The Balaban J connectivity index is 1.99. The fourth-order valence-corrected chi connectivity index (χ4v) is 4.07. The van der Waals surface area contributed by atoms with Crippen LogP contribution in [0.5, 0.6) is 0 Å². The van der Waals surface area contributed by atoms with Crippen LogP contribution in [0.15, 0.2) is 0 Å². The van der Waals surface area contributed by atoms with E-state index in [0.717, 1.165) is 11.8 Å². The third-order valence-electron chi connectivity index (χ3n) is 5.42. The van der Waals surface area contributed by atoms with E-state index in [1.807, 2.05) is 0 Å². The maximum absolute atomic E-state index is 2.31. The lowest BCUT2D eigenvalue weighted by atomic mass is 9.86. The molecule has 20 heavy (non-hydrogen) atoms. The minimum Gasteiger partial charge on any atom is -0.0654 e. The zero-order chi connectivity index (χ0) is 14.5. The van der Waals surface area contributed by atoms with Gasteiger partial charge in [0.1, 0.15) is 0 Å². The molecule has 0 aromatic rings. The summed E-state index contributed by atoms with van der Waals surface area (Å²) in [5.41, 5.74) is 0. The monoisotopic (exact) mass is 280 g/mol. The lowest BCUT2D eigenvalue weighted by molar-refractivity contribution is 0.322. The van der Waals surface area contributed by atoms with E-state index >= 15 is 0 Å². The van der Waals surface area contributed by atoms with Crippen LogP contribution >= 0.6 is 0 Å². The lowest BCUT2D eigenvalue weighted by Crippen LogP contribution is -2.08. The highest BCUT2D eigenvalue weighted by Gasteiger charge is 2.25. The van der Waals surface area contributed by atoms with Crippen LogP contribution < -0.4 is 0 Å². The molecule has 0 heterocycles. The molecular weight excluding hydrogens is 240 g/mol. The van der Waals surface area contributed by atoms with Gasteiger partial charge in [-0.15, -0.1) is 0 Å². The summed E-state index contributed by atoms with van der Waals surface area (Å²) in [6.45, 7) is 4.62. The lowest BCUT2D eigenvalue weighted by Gasteiger charge is -2.19. The van der Waals surface area contributed by atoms with Crippen LogP contribution in [0.1, 0.15) is 117 Å². The standard InChI is InChI=1S/C20H40/c1-3-5-7-9-11-13-16-20-18-14-17-19(20)15-12-10-8-6-4-2/h19-20H,3-18H2,1-2H3. The van der Waals surface area contributed by atoms with E-state index in [9.17, 15) is 0 Å². The smallest absolute Gasteiger partial charge is 0.0386 e.